The van der Waals surface area contributed by atoms with E-state index in [4.69, 9.17) is 15.4 Å². The van der Waals surface area contributed by atoms with E-state index in [1.165, 1.54) is 0 Å². The summed E-state index contributed by atoms with van der Waals surface area (Å²) in [4.78, 5) is 14.8. The molecule has 1 aromatic carbocycles. The third-order valence-corrected chi connectivity index (χ3v) is 2.72. The molecule has 0 atom stereocenters. The van der Waals surface area contributed by atoms with E-state index in [0.717, 1.165) is 10.2 Å². The number of nitrogen functional groups attached to an aromatic ring is 1. The first-order valence-electron chi connectivity index (χ1n) is 5.95. The van der Waals surface area contributed by atoms with Crippen LogP contribution in [0.25, 0.3) is 23.0 Å². The Labute approximate surface area is 118 Å². The Morgan fingerprint density at radius 2 is 2.10 bits per heavy atom. The number of aliphatic carboxylic acids is 1. The van der Waals surface area contributed by atoms with Crippen LogP contribution in [0, 0.1) is 0 Å². The standard InChI is InChI=1S/C12H10N6O3/c13-10-9(15-17-18(10)6-8(19)20)12-14-11(16-21-12)7-4-2-1-3-5-7/h1-5H,6,13H2,(H,19,20). The maximum absolute atomic E-state index is 10.7. The minimum absolute atomic E-state index is 0.0562. The molecule has 9 heteroatoms. The third kappa shape index (κ3) is 2.43. The Bertz CT molecular complexity index is 779. The molecular formula is C12H10N6O3. The SMILES string of the molecule is Nc1c(-c2nc(-c3ccccc3)no2)nnn1CC(=O)O. The van der Waals surface area contributed by atoms with Gasteiger partial charge in [-0.15, -0.1) is 5.10 Å². The van der Waals surface area contributed by atoms with Crippen molar-refractivity contribution in [2.75, 3.05) is 5.73 Å². The molecule has 0 saturated carbocycles. The molecule has 0 unspecified atom stereocenters. The van der Waals surface area contributed by atoms with E-state index >= 15 is 0 Å². The summed E-state index contributed by atoms with van der Waals surface area (Å²) in [7, 11) is 0. The first kappa shape index (κ1) is 12.8. The number of anilines is 1. The van der Waals surface area contributed by atoms with Crippen LogP contribution in [0.2, 0.25) is 0 Å². The first-order valence-corrected chi connectivity index (χ1v) is 5.95. The number of benzene rings is 1. The second-order valence-electron chi connectivity index (χ2n) is 4.16. The number of nitrogens with zero attached hydrogens (tertiary/aromatic N) is 5. The predicted octanol–water partition coefficient (Wildman–Crippen LogP) is 0.662. The Kier molecular flexibility index (Phi) is 3.07. The van der Waals surface area contributed by atoms with Crippen LogP contribution >= 0.6 is 0 Å². The monoisotopic (exact) mass is 286 g/mol. The molecule has 2 heterocycles. The molecule has 3 rings (SSSR count). The smallest absolute Gasteiger partial charge is 0.325 e. The van der Waals surface area contributed by atoms with Gasteiger partial charge in [0, 0.05) is 5.56 Å². The third-order valence-electron chi connectivity index (χ3n) is 2.72. The molecule has 21 heavy (non-hydrogen) atoms. The van der Waals surface area contributed by atoms with Crippen molar-refractivity contribution in [2.24, 2.45) is 0 Å². The molecule has 0 aliphatic rings. The molecule has 0 amide bonds. The lowest BCUT2D eigenvalue weighted by atomic mass is 10.2. The molecule has 0 aliphatic heterocycles. The van der Waals surface area contributed by atoms with Crippen molar-refractivity contribution in [1.82, 2.24) is 25.1 Å². The normalized spacial score (nSPS) is 10.7. The van der Waals surface area contributed by atoms with Crippen molar-refractivity contribution in [3.63, 3.8) is 0 Å². The molecule has 2 aromatic heterocycles. The molecule has 106 valence electrons. The Hall–Kier alpha value is -3.23. The van der Waals surface area contributed by atoms with E-state index in [9.17, 15) is 4.79 Å². The lowest BCUT2D eigenvalue weighted by molar-refractivity contribution is -0.137. The number of carboxylic acid groups (broad SMARTS) is 1. The Morgan fingerprint density at radius 1 is 1.33 bits per heavy atom. The van der Waals surface area contributed by atoms with Crippen molar-refractivity contribution in [1.29, 1.82) is 0 Å². The van der Waals surface area contributed by atoms with E-state index < -0.39 is 12.5 Å². The highest BCUT2D eigenvalue weighted by Crippen LogP contribution is 2.24. The summed E-state index contributed by atoms with van der Waals surface area (Å²) in [5.74, 6) is -0.546. The van der Waals surface area contributed by atoms with Crippen molar-refractivity contribution >= 4 is 11.8 Å². The van der Waals surface area contributed by atoms with Gasteiger partial charge in [-0.3, -0.25) is 4.79 Å². The minimum Gasteiger partial charge on any atom is -0.480 e. The van der Waals surface area contributed by atoms with Gasteiger partial charge in [0.2, 0.25) is 5.82 Å². The van der Waals surface area contributed by atoms with Gasteiger partial charge in [0.1, 0.15) is 6.54 Å². The van der Waals surface area contributed by atoms with E-state index in [1.807, 2.05) is 30.3 Å². The summed E-state index contributed by atoms with van der Waals surface area (Å²) in [5.41, 5.74) is 6.72. The molecule has 0 saturated heterocycles. The van der Waals surface area contributed by atoms with Crippen molar-refractivity contribution in [3.05, 3.63) is 30.3 Å². The minimum atomic E-state index is -1.08. The number of aromatic nitrogens is 5. The summed E-state index contributed by atoms with van der Waals surface area (Å²) >= 11 is 0. The van der Waals surface area contributed by atoms with Gasteiger partial charge in [0.15, 0.2) is 11.5 Å². The Balaban J connectivity index is 1.94. The van der Waals surface area contributed by atoms with Gasteiger partial charge in [-0.25, -0.2) is 4.68 Å². The maximum Gasteiger partial charge on any atom is 0.325 e. The highest BCUT2D eigenvalue weighted by molar-refractivity contribution is 5.69. The van der Waals surface area contributed by atoms with Crippen LogP contribution in [0.1, 0.15) is 0 Å². The lowest BCUT2D eigenvalue weighted by Gasteiger charge is -1.97. The number of carbonyl (C=O) groups is 1. The van der Waals surface area contributed by atoms with Crippen molar-refractivity contribution in [3.8, 4) is 23.0 Å². The van der Waals surface area contributed by atoms with Crippen molar-refractivity contribution in [2.45, 2.75) is 6.54 Å². The maximum atomic E-state index is 10.7. The molecule has 0 fully saturated rings. The number of hydrogen-bond donors (Lipinski definition) is 2. The van der Waals surface area contributed by atoms with Crippen LogP contribution in [-0.2, 0) is 11.3 Å². The fourth-order valence-electron chi connectivity index (χ4n) is 1.74. The van der Waals surface area contributed by atoms with Gasteiger partial charge in [-0.2, -0.15) is 4.98 Å². The second-order valence-corrected chi connectivity index (χ2v) is 4.16. The number of hydrogen-bond acceptors (Lipinski definition) is 7. The molecular weight excluding hydrogens is 276 g/mol. The van der Waals surface area contributed by atoms with Crippen LogP contribution in [0.4, 0.5) is 5.82 Å². The second kappa shape index (κ2) is 5.04. The van der Waals surface area contributed by atoms with Gasteiger partial charge in [0.25, 0.3) is 5.89 Å². The van der Waals surface area contributed by atoms with E-state index in [-0.39, 0.29) is 17.4 Å². The summed E-state index contributed by atoms with van der Waals surface area (Å²) in [6, 6.07) is 9.24. The summed E-state index contributed by atoms with van der Waals surface area (Å²) in [5, 5.41) is 20.0. The van der Waals surface area contributed by atoms with Crippen LogP contribution in [-0.4, -0.2) is 36.2 Å². The molecule has 0 bridgehead atoms. The molecule has 3 N–H and O–H groups in total. The average Bonchev–Trinajstić information content (AvgIpc) is 3.08. The summed E-state index contributed by atoms with van der Waals surface area (Å²) in [6.45, 7) is -0.390. The first-order chi connectivity index (χ1) is 10.1. The van der Waals surface area contributed by atoms with Crippen LogP contribution in [0.5, 0.6) is 0 Å². The van der Waals surface area contributed by atoms with Gasteiger partial charge >= 0.3 is 5.97 Å². The summed E-state index contributed by atoms with van der Waals surface area (Å²) in [6.07, 6.45) is 0. The van der Waals surface area contributed by atoms with E-state index in [1.54, 1.807) is 0 Å². The van der Waals surface area contributed by atoms with E-state index in [0.29, 0.717) is 5.82 Å². The molecule has 0 radical (unpaired) electrons. The predicted molar refractivity (Wildman–Crippen MR) is 70.8 cm³/mol. The fraction of sp³-hybridized carbons (Fsp3) is 0.0833. The largest absolute Gasteiger partial charge is 0.480 e. The van der Waals surface area contributed by atoms with Crippen LogP contribution in [0.15, 0.2) is 34.9 Å². The van der Waals surface area contributed by atoms with Gasteiger partial charge < -0.3 is 15.4 Å². The fourth-order valence-corrected chi connectivity index (χ4v) is 1.74. The van der Waals surface area contributed by atoms with Crippen LogP contribution < -0.4 is 5.73 Å². The zero-order valence-electron chi connectivity index (χ0n) is 10.7. The van der Waals surface area contributed by atoms with Gasteiger partial charge in [-0.05, 0) is 0 Å². The topological polar surface area (TPSA) is 133 Å². The van der Waals surface area contributed by atoms with Gasteiger partial charge in [-0.1, -0.05) is 40.7 Å². The Morgan fingerprint density at radius 3 is 2.81 bits per heavy atom. The zero-order valence-corrected chi connectivity index (χ0v) is 10.7. The molecule has 0 aliphatic carbocycles. The average molecular weight is 286 g/mol. The lowest BCUT2D eigenvalue weighted by Crippen LogP contribution is -2.12. The zero-order chi connectivity index (χ0) is 14.8. The number of rotatable bonds is 4. The number of nitrogens with two attached hydrogens (primary N) is 1. The summed E-state index contributed by atoms with van der Waals surface area (Å²) < 4.78 is 6.15. The van der Waals surface area contributed by atoms with E-state index in [2.05, 4.69) is 20.5 Å². The molecule has 3 aromatic rings. The van der Waals surface area contributed by atoms with Crippen molar-refractivity contribution < 1.29 is 14.4 Å². The quantitative estimate of drug-likeness (QED) is 0.714. The highest BCUT2D eigenvalue weighted by Gasteiger charge is 2.19. The van der Waals surface area contributed by atoms with Gasteiger partial charge in [0.05, 0.1) is 0 Å². The number of carboxylic acids is 1. The highest BCUT2D eigenvalue weighted by atomic mass is 16.5. The molecule has 0 spiro atoms. The molecule has 9 nitrogen and oxygen atoms in total. The van der Waals surface area contributed by atoms with Crippen LogP contribution in [0.3, 0.4) is 0 Å².